The summed E-state index contributed by atoms with van der Waals surface area (Å²) in [5.41, 5.74) is 9.31. The Bertz CT molecular complexity index is 655. The van der Waals surface area contributed by atoms with E-state index in [-0.39, 0.29) is 11.9 Å². The Hall–Kier alpha value is -1.65. The second kappa shape index (κ2) is 6.87. The van der Waals surface area contributed by atoms with E-state index in [0.29, 0.717) is 5.56 Å². The van der Waals surface area contributed by atoms with Crippen LogP contribution in [0.3, 0.4) is 0 Å². The zero-order valence-electron chi connectivity index (χ0n) is 12.2. The largest absolute Gasteiger partial charge is 0.366 e. The Morgan fingerprint density at radius 1 is 1.29 bits per heavy atom. The Morgan fingerprint density at radius 2 is 2.05 bits per heavy atom. The molecule has 0 aliphatic heterocycles. The van der Waals surface area contributed by atoms with Crippen molar-refractivity contribution in [3.05, 3.63) is 69.2 Å². The lowest BCUT2D eigenvalue weighted by molar-refractivity contribution is 0.1000. The van der Waals surface area contributed by atoms with Crippen LogP contribution in [0.5, 0.6) is 0 Å². The van der Waals surface area contributed by atoms with Crippen LogP contribution < -0.4 is 11.1 Å². The van der Waals surface area contributed by atoms with Crippen LogP contribution in [0, 0.1) is 6.92 Å². The maximum Gasteiger partial charge on any atom is 0.248 e. The highest BCUT2D eigenvalue weighted by molar-refractivity contribution is 9.10. The number of primary amides is 1. The van der Waals surface area contributed by atoms with Crippen molar-refractivity contribution >= 4 is 21.8 Å². The molecular weight excluding hydrogens is 328 g/mol. The van der Waals surface area contributed by atoms with Gasteiger partial charge in [0.05, 0.1) is 0 Å². The standard InChI is InChI=1S/C17H19BrN2O/c1-11-8-14(17(19)21)6-7-15(11)10-20-12(2)13-4-3-5-16(18)9-13/h3-9,12,20H,10H2,1-2H3,(H2,19,21). The molecule has 0 fully saturated rings. The molecule has 0 aromatic heterocycles. The summed E-state index contributed by atoms with van der Waals surface area (Å²) >= 11 is 3.49. The molecule has 0 heterocycles. The fraction of sp³-hybridized carbons (Fsp3) is 0.235. The smallest absolute Gasteiger partial charge is 0.248 e. The summed E-state index contributed by atoms with van der Waals surface area (Å²) in [6.07, 6.45) is 0. The summed E-state index contributed by atoms with van der Waals surface area (Å²) in [4.78, 5) is 11.1. The van der Waals surface area contributed by atoms with Crippen molar-refractivity contribution in [3.8, 4) is 0 Å². The number of carbonyl (C=O) groups is 1. The third kappa shape index (κ3) is 4.16. The third-order valence-electron chi connectivity index (χ3n) is 3.57. The lowest BCUT2D eigenvalue weighted by atomic mass is 10.0. The quantitative estimate of drug-likeness (QED) is 0.866. The molecule has 2 aromatic rings. The Kier molecular flexibility index (Phi) is 5.15. The summed E-state index contributed by atoms with van der Waals surface area (Å²) in [6.45, 7) is 4.88. The molecule has 2 aromatic carbocycles. The van der Waals surface area contributed by atoms with Gasteiger partial charge in [0.15, 0.2) is 0 Å². The van der Waals surface area contributed by atoms with E-state index in [1.54, 1.807) is 6.07 Å². The van der Waals surface area contributed by atoms with Crippen LogP contribution in [-0.4, -0.2) is 5.91 Å². The summed E-state index contributed by atoms with van der Waals surface area (Å²) in [5, 5.41) is 3.49. The lowest BCUT2D eigenvalue weighted by Crippen LogP contribution is -2.19. The van der Waals surface area contributed by atoms with Crippen LogP contribution in [0.25, 0.3) is 0 Å². The average Bonchev–Trinajstić information content (AvgIpc) is 2.45. The van der Waals surface area contributed by atoms with Gasteiger partial charge < -0.3 is 11.1 Å². The molecule has 110 valence electrons. The van der Waals surface area contributed by atoms with E-state index in [0.717, 1.165) is 16.6 Å². The zero-order chi connectivity index (χ0) is 15.4. The minimum absolute atomic E-state index is 0.248. The van der Waals surface area contributed by atoms with Gasteiger partial charge in [0.1, 0.15) is 0 Å². The van der Waals surface area contributed by atoms with Crippen LogP contribution in [0.1, 0.15) is 40.0 Å². The van der Waals surface area contributed by atoms with Gasteiger partial charge in [-0.05, 0) is 54.8 Å². The monoisotopic (exact) mass is 346 g/mol. The molecule has 2 rings (SSSR count). The van der Waals surface area contributed by atoms with Crippen LogP contribution in [0.4, 0.5) is 0 Å². The molecule has 0 aliphatic rings. The van der Waals surface area contributed by atoms with Gasteiger partial charge in [-0.1, -0.05) is 34.1 Å². The number of aryl methyl sites for hydroxylation is 1. The minimum Gasteiger partial charge on any atom is -0.366 e. The molecule has 0 saturated carbocycles. The normalized spacial score (nSPS) is 12.1. The number of benzene rings is 2. The fourth-order valence-electron chi connectivity index (χ4n) is 2.20. The predicted octanol–water partition coefficient (Wildman–Crippen LogP) is 3.71. The van der Waals surface area contributed by atoms with Gasteiger partial charge in [0.2, 0.25) is 5.91 Å². The maximum absolute atomic E-state index is 11.1. The molecule has 1 atom stereocenters. The van der Waals surface area contributed by atoms with Gasteiger partial charge in [-0.25, -0.2) is 0 Å². The number of nitrogens with one attached hydrogen (secondary N) is 1. The van der Waals surface area contributed by atoms with E-state index < -0.39 is 0 Å². The van der Waals surface area contributed by atoms with Crippen molar-refractivity contribution in [3.63, 3.8) is 0 Å². The number of nitrogens with two attached hydrogens (primary N) is 1. The first kappa shape index (κ1) is 15.7. The minimum atomic E-state index is -0.389. The molecule has 3 nitrogen and oxygen atoms in total. The Morgan fingerprint density at radius 3 is 2.67 bits per heavy atom. The fourth-order valence-corrected chi connectivity index (χ4v) is 2.62. The molecule has 1 unspecified atom stereocenters. The molecule has 0 bridgehead atoms. The molecule has 1 amide bonds. The van der Waals surface area contributed by atoms with Gasteiger partial charge in [-0.15, -0.1) is 0 Å². The second-order valence-corrected chi connectivity index (χ2v) is 6.08. The summed E-state index contributed by atoms with van der Waals surface area (Å²) in [6, 6.07) is 14.1. The van der Waals surface area contributed by atoms with E-state index in [9.17, 15) is 4.79 Å². The van der Waals surface area contributed by atoms with Crippen molar-refractivity contribution in [2.24, 2.45) is 5.73 Å². The van der Waals surface area contributed by atoms with E-state index in [4.69, 9.17) is 5.73 Å². The number of halogens is 1. The van der Waals surface area contributed by atoms with Crippen LogP contribution in [0.2, 0.25) is 0 Å². The molecule has 4 heteroatoms. The van der Waals surface area contributed by atoms with Gasteiger partial charge in [-0.3, -0.25) is 4.79 Å². The molecule has 3 N–H and O–H groups in total. The number of carbonyl (C=O) groups excluding carboxylic acids is 1. The van der Waals surface area contributed by atoms with Gasteiger partial charge in [0, 0.05) is 22.6 Å². The SMILES string of the molecule is Cc1cc(C(N)=O)ccc1CNC(C)c1cccc(Br)c1. The first-order valence-electron chi connectivity index (χ1n) is 6.85. The highest BCUT2D eigenvalue weighted by Crippen LogP contribution is 2.19. The number of rotatable bonds is 5. The van der Waals surface area contributed by atoms with Crippen LogP contribution in [-0.2, 0) is 6.54 Å². The Labute approximate surface area is 133 Å². The van der Waals surface area contributed by atoms with E-state index >= 15 is 0 Å². The van der Waals surface area contributed by atoms with Gasteiger partial charge in [-0.2, -0.15) is 0 Å². The van der Waals surface area contributed by atoms with Gasteiger partial charge in [0.25, 0.3) is 0 Å². The highest BCUT2D eigenvalue weighted by atomic mass is 79.9. The number of hydrogen-bond acceptors (Lipinski definition) is 2. The van der Waals surface area contributed by atoms with Crippen molar-refractivity contribution < 1.29 is 4.79 Å². The van der Waals surface area contributed by atoms with Crippen molar-refractivity contribution in [2.45, 2.75) is 26.4 Å². The van der Waals surface area contributed by atoms with Gasteiger partial charge >= 0.3 is 0 Å². The van der Waals surface area contributed by atoms with Crippen LogP contribution >= 0.6 is 15.9 Å². The molecule has 0 radical (unpaired) electrons. The predicted molar refractivity (Wildman–Crippen MR) is 89.1 cm³/mol. The van der Waals surface area contributed by atoms with E-state index in [1.165, 1.54) is 11.1 Å². The van der Waals surface area contributed by atoms with Crippen molar-refractivity contribution in [1.29, 1.82) is 0 Å². The lowest BCUT2D eigenvalue weighted by Gasteiger charge is -2.16. The first-order chi connectivity index (χ1) is 9.97. The summed E-state index contributed by atoms with van der Waals surface area (Å²) in [5.74, 6) is -0.389. The third-order valence-corrected chi connectivity index (χ3v) is 4.07. The molecule has 0 spiro atoms. The zero-order valence-corrected chi connectivity index (χ0v) is 13.8. The molecular formula is C17H19BrN2O. The van der Waals surface area contributed by atoms with E-state index in [2.05, 4.69) is 40.3 Å². The van der Waals surface area contributed by atoms with Crippen LogP contribution in [0.15, 0.2) is 46.9 Å². The van der Waals surface area contributed by atoms with E-state index in [1.807, 2.05) is 31.2 Å². The molecule has 21 heavy (non-hydrogen) atoms. The first-order valence-corrected chi connectivity index (χ1v) is 7.65. The van der Waals surface area contributed by atoms with Crippen molar-refractivity contribution in [1.82, 2.24) is 5.32 Å². The summed E-state index contributed by atoms with van der Waals surface area (Å²) in [7, 11) is 0. The maximum atomic E-state index is 11.1. The number of hydrogen-bond donors (Lipinski definition) is 2. The number of amides is 1. The second-order valence-electron chi connectivity index (χ2n) is 5.16. The molecule has 0 saturated heterocycles. The topological polar surface area (TPSA) is 55.1 Å². The molecule has 0 aliphatic carbocycles. The van der Waals surface area contributed by atoms with Crippen molar-refractivity contribution in [2.75, 3.05) is 0 Å². The summed E-state index contributed by atoms with van der Waals surface area (Å²) < 4.78 is 1.08. The Balaban J connectivity index is 2.04. The highest BCUT2D eigenvalue weighted by Gasteiger charge is 2.08. The average molecular weight is 347 g/mol.